The predicted octanol–water partition coefficient (Wildman–Crippen LogP) is 3.98. The second-order valence-electron chi connectivity index (χ2n) is 5.07. The van der Waals surface area contributed by atoms with E-state index in [1.165, 1.54) is 6.07 Å². The van der Waals surface area contributed by atoms with Crippen LogP contribution in [0.5, 0.6) is 0 Å². The molecule has 0 aliphatic rings. The molecule has 0 unspecified atom stereocenters. The van der Waals surface area contributed by atoms with Gasteiger partial charge in [0.25, 0.3) is 0 Å². The van der Waals surface area contributed by atoms with E-state index >= 15 is 0 Å². The lowest BCUT2D eigenvalue weighted by Crippen LogP contribution is -1.95. The van der Waals surface area contributed by atoms with E-state index in [9.17, 15) is 4.39 Å². The lowest BCUT2D eigenvalue weighted by Gasteiger charge is -2.07. The SMILES string of the molecule is CCSc1nc(-c2cn(C)nc2-c2ccccc2F)ccc1N. The zero-order valence-corrected chi connectivity index (χ0v) is 13.8. The highest BCUT2D eigenvalue weighted by molar-refractivity contribution is 7.99. The summed E-state index contributed by atoms with van der Waals surface area (Å²) in [6, 6.07) is 10.3. The van der Waals surface area contributed by atoms with Gasteiger partial charge in [0.15, 0.2) is 0 Å². The molecule has 118 valence electrons. The zero-order chi connectivity index (χ0) is 16.4. The fourth-order valence-electron chi connectivity index (χ4n) is 2.38. The van der Waals surface area contributed by atoms with Crippen LogP contribution in [0.1, 0.15) is 6.92 Å². The minimum atomic E-state index is -0.300. The van der Waals surface area contributed by atoms with Crippen LogP contribution in [0.4, 0.5) is 10.1 Å². The first-order valence-electron chi connectivity index (χ1n) is 7.28. The molecule has 2 heterocycles. The summed E-state index contributed by atoms with van der Waals surface area (Å²) < 4.78 is 15.8. The molecule has 1 aromatic carbocycles. The predicted molar refractivity (Wildman–Crippen MR) is 92.6 cm³/mol. The number of thioether (sulfide) groups is 1. The molecule has 2 N–H and O–H groups in total. The molecule has 0 aliphatic heterocycles. The van der Waals surface area contributed by atoms with E-state index < -0.39 is 0 Å². The van der Waals surface area contributed by atoms with Gasteiger partial charge in [0.1, 0.15) is 16.5 Å². The van der Waals surface area contributed by atoms with Crippen molar-refractivity contribution in [3.63, 3.8) is 0 Å². The zero-order valence-electron chi connectivity index (χ0n) is 13.0. The van der Waals surface area contributed by atoms with Crippen LogP contribution in [-0.2, 0) is 7.05 Å². The van der Waals surface area contributed by atoms with Gasteiger partial charge in [-0.25, -0.2) is 9.37 Å². The fourth-order valence-corrected chi connectivity index (χ4v) is 3.05. The van der Waals surface area contributed by atoms with Gasteiger partial charge in [-0.3, -0.25) is 4.68 Å². The third-order valence-corrected chi connectivity index (χ3v) is 4.29. The number of nitrogens with zero attached hydrogens (tertiary/aromatic N) is 3. The maximum absolute atomic E-state index is 14.2. The molecule has 4 nitrogen and oxygen atoms in total. The summed E-state index contributed by atoms with van der Waals surface area (Å²) >= 11 is 1.58. The van der Waals surface area contributed by atoms with Gasteiger partial charge in [0, 0.05) is 24.4 Å². The lowest BCUT2D eigenvalue weighted by molar-refractivity contribution is 0.630. The monoisotopic (exact) mass is 328 g/mol. The lowest BCUT2D eigenvalue weighted by atomic mass is 10.1. The van der Waals surface area contributed by atoms with Crippen molar-refractivity contribution in [1.82, 2.24) is 14.8 Å². The van der Waals surface area contributed by atoms with Crippen LogP contribution in [0, 0.1) is 5.82 Å². The molecule has 0 fully saturated rings. The number of aryl methyl sites for hydroxylation is 1. The van der Waals surface area contributed by atoms with Gasteiger partial charge in [-0.2, -0.15) is 5.10 Å². The van der Waals surface area contributed by atoms with Crippen LogP contribution in [0.2, 0.25) is 0 Å². The first-order chi connectivity index (χ1) is 11.1. The fraction of sp³-hybridized carbons (Fsp3) is 0.176. The summed E-state index contributed by atoms with van der Waals surface area (Å²) in [7, 11) is 1.81. The van der Waals surface area contributed by atoms with Crippen LogP contribution < -0.4 is 5.73 Å². The number of hydrogen-bond donors (Lipinski definition) is 1. The van der Waals surface area contributed by atoms with Crippen LogP contribution in [-0.4, -0.2) is 20.5 Å². The molecular formula is C17H17FN4S. The number of rotatable bonds is 4. The number of benzene rings is 1. The highest BCUT2D eigenvalue weighted by Crippen LogP contribution is 2.33. The Bertz CT molecular complexity index is 844. The summed E-state index contributed by atoms with van der Waals surface area (Å²) in [5.41, 5.74) is 9.19. The van der Waals surface area contributed by atoms with Crippen LogP contribution >= 0.6 is 11.8 Å². The first kappa shape index (κ1) is 15.6. The van der Waals surface area contributed by atoms with Gasteiger partial charge < -0.3 is 5.73 Å². The summed E-state index contributed by atoms with van der Waals surface area (Å²) in [6.07, 6.45) is 1.85. The molecule has 0 amide bonds. The van der Waals surface area contributed by atoms with Crippen LogP contribution in [0.3, 0.4) is 0 Å². The Hall–Kier alpha value is -2.34. The van der Waals surface area contributed by atoms with Gasteiger partial charge in [-0.05, 0) is 30.0 Å². The highest BCUT2D eigenvalue weighted by Gasteiger charge is 2.17. The molecule has 3 rings (SSSR count). The normalized spacial score (nSPS) is 10.9. The van der Waals surface area contributed by atoms with Gasteiger partial charge in [0.2, 0.25) is 0 Å². The van der Waals surface area contributed by atoms with Crippen molar-refractivity contribution in [2.45, 2.75) is 11.9 Å². The van der Waals surface area contributed by atoms with Gasteiger partial charge in [-0.15, -0.1) is 11.8 Å². The van der Waals surface area contributed by atoms with Crippen LogP contribution in [0.15, 0.2) is 47.6 Å². The molecule has 0 saturated heterocycles. The molecule has 0 aliphatic carbocycles. The molecule has 3 aromatic rings. The van der Waals surface area contributed by atoms with Crippen molar-refractivity contribution in [1.29, 1.82) is 0 Å². The molecular weight excluding hydrogens is 311 g/mol. The number of nitrogen functional groups attached to an aromatic ring is 1. The van der Waals surface area contributed by atoms with Crippen molar-refractivity contribution in [2.24, 2.45) is 7.05 Å². The van der Waals surface area contributed by atoms with E-state index in [2.05, 4.69) is 10.1 Å². The Kier molecular flexibility index (Phi) is 4.34. The maximum atomic E-state index is 14.2. The second-order valence-corrected chi connectivity index (χ2v) is 6.32. The third kappa shape index (κ3) is 3.07. The average Bonchev–Trinajstić information content (AvgIpc) is 2.92. The number of nitrogens with two attached hydrogens (primary N) is 1. The van der Waals surface area contributed by atoms with E-state index in [4.69, 9.17) is 5.73 Å². The summed E-state index contributed by atoms with van der Waals surface area (Å²) in [5.74, 6) is 0.583. The van der Waals surface area contributed by atoms with E-state index in [1.54, 1.807) is 34.6 Å². The number of pyridine rings is 1. The smallest absolute Gasteiger partial charge is 0.132 e. The molecule has 23 heavy (non-hydrogen) atoms. The number of anilines is 1. The molecule has 0 atom stereocenters. The quantitative estimate of drug-likeness (QED) is 0.736. The number of halogens is 1. The minimum Gasteiger partial charge on any atom is -0.397 e. The standard InChI is InChI=1S/C17H17FN4S/c1-3-23-17-14(19)8-9-15(20-17)12-10-22(2)21-16(12)11-6-4-5-7-13(11)18/h4-10H,3,19H2,1-2H3. The van der Waals surface area contributed by atoms with Gasteiger partial charge >= 0.3 is 0 Å². The Morgan fingerprint density at radius 3 is 2.70 bits per heavy atom. The Morgan fingerprint density at radius 1 is 1.17 bits per heavy atom. The summed E-state index contributed by atoms with van der Waals surface area (Å²) in [6.45, 7) is 2.05. The van der Waals surface area contributed by atoms with Gasteiger partial charge in [-0.1, -0.05) is 19.1 Å². The molecule has 6 heteroatoms. The van der Waals surface area contributed by atoms with Crippen molar-refractivity contribution in [3.05, 3.63) is 48.4 Å². The van der Waals surface area contributed by atoms with E-state index in [0.29, 0.717) is 16.9 Å². The Labute approximate surface area is 138 Å². The molecule has 0 bridgehead atoms. The average molecular weight is 328 g/mol. The van der Waals surface area contributed by atoms with Crippen molar-refractivity contribution in [3.8, 4) is 22.5 Å². The van der Waals surface area contributed by atoms with Crippen molar-refractivity contribution >= 4 is 17.4 Å². The molecule has 0 spiro atoms. The maximum Gasteiger partial charge on any atom is 0.132 e. The van der Waals surface area contributed by atoms with Gasteiger partial charge in [0.05, 0.1) is 11.4 Å². The van der Waals surface area contributed by atoms with E-state index in [1.807, 2.05) is 32.3 Å². The van der Waals surface area contributed by atoms with Crippen molar-refractivity contribution < 1.29 is 4.39 Å². The Balaban J connectivity index is 2.15. The molecule has 2 aromatic heterocycles. The number of hydrogen-bond acceptors (Lipinski definition) is 4. The number of aromatic nitrogens is 3. The topological polar surface area (TPSA) is 56.7 Å². The van der Waals surface area contributed by atoms with Crippen molar-refractivity contribution in [2.75, 3.05) is 11.5 Å². The summed E-state index contributed by atoms with van der Waals surface area (Å²) in [4.78, 5) is 4.62. The largest absolute Gasteiger partial charge is 0.397 e. The highest BCUT2D eigenvalue weighted by atomic mass is 32.2. The Morgan fingerprint density at radius 2 is 1.96 bits per heavy atom. The summed E-state index contributed by atoms with van der Waals surface area (Å²) in [5, 5.41) is 5.20. The third-order valence-electron chi connectivity index (χ3n) is 3.40. The second kappa shape index (κ2) is 6.42. The molecule has 0 radical (unpaired) electrons. The van der Waals surface area contributed by atoms with E-state index in [0.717, 1.165) is 22.0 Å². The minimum absolute atomic E-state index is 0.300. The van der Waals surface area contributed by atoms with E-state index in [-0.39, 0.29) is 5.82 Å². The molecule has 0 saturated carbocycles. The van der Waals surface area contributed by atoms with Crippen LogP contribution in [0.25, 0.3) is 22.5 Å². The first-order valence-corrected chi connectivity index (χ1v) is 8.27.